The Balaban J connectivity index is 2.19. The van der Waals surface area contributed by atoms with E-state index in [4.69, 9.17) is 0 Å². The molecule has 1 fully saturated rings. The second kappa shape index (κ2) is 5.46. The highest BCUT2D eigenvalue weighted by Gasteiger charge is 2.29. The Hall–Kier alpha value is -0.860. The largest absolute Gasteiger partial charge is 0.319 e. The smallest absolute Gasteiger partial charge is 0.0385 e. The zero-order valence-corrected chi connectivity index (χ0v) is 10.3. The van der Waals surface area contributed by atoms with Gasteiger partial charge in [-0.15, -0.1) is 0 Å². The van der Waals surface area contributed by atoms with Gasteiger partial charge >= 0.3 is 0 Å². The Morgan fingerprint density at radius 2 is 2.06 bits per heavy atom. The predicted molar refractivity (Wildman–Crippen MR) is 68.5 cm³/mol. The third kappa shape index (κ3) is 2.45. The number of hydrogen-bond acceptors (Lipinski definition) is 2. The highest BCUT2D eigenvalue weighted by molar-refractivity contribution is 5.20. The molecule has 2 heteroatoms. The van der Waals surface area contributed by atoms with Crippen molar-refractivity contribution in [2.45, 2.75) is 18.9 Å². The first kappa shape index (κ1) is 11.6. The van der Waals surface area contributed by atoms with Gasteiger partial charge in [0.2, 0.25) is 0 Å². The minimum atomic E-state index is 0.586. The first-order valence-electron chi connectivity index (χ1n) is 6.22. The number of rotatable bonds is 3. The molecule has 1 aliphatic rings. The molecule has 1 aromatic carbocycles. The van der Waals surface area contributed by atoms with Gasteiger partial charge in [-0.05, 0) is 51.5 Å². The van der Waals surface area contributed by atoms with E-state index in [1.165, 1.54) is 24.9 Å². The summed E-state index contributed by atoms with van der Waals surface area (Å²) in [5, 5.41) is 3.33. The van der Waals surface area contributed by atoms with Gasteiger partial charge in [0.1, 0.15) is 0 Å². The summed E-state index contributed by atoms with van der Waals surface area (Å²) in [6.45, 7) is 2.34. The third-order valence-corrected chi connectivity index (χ3v) is 3.61. The average Bonchev–Trinajstić information content (AvgIpc) is 2.31. The zero-order chi connectivity index (χ0) is 11.4. The van der Waals surface area contributed by atoms with E-state index in [1.807, 2.05) is 0 Å². The lowest BCUT2D eigenvalue weighted by atomic mass is 9.85. The van der Waals surface area contributed by atoms with Crippen molar-refractivity contribution in [2.24, 2.45) is 5.92 Å². The molecule has 0 aromatic heterocycles. The van der Waals surface area contributed by atoms with E-state index in [-0.39, 0.29) is 0 Å². The lowest BCUT2D eigenvalue weighted by Crippen LogP contribution is -2.39. The first-order chi connectivity index (χ1) is 7.83. The van der Waals surface area contributed by atoms with E-state index in [1.54, 1.807) is 0 Å². The van der Waals surface area contributed by atoms with Crippen molar-refractivity contribution in [1.82, 2.24) is 10.2 Å². The molecule has 1 saturated heterocycles. The number of hydrogen-bond donors (Lipinski definition) is 1. The number of nitrogens with zero attached hydrogens (tertiary/aromatic N) is 1. The van der Waals surface area contributed by atoms with E-state index in [0.29, 0.717) is 6.04 Å². The van der Waals surface area contributed by atoms with Crippen molar-refractivity contribution in [3.8, 4) is 0 Å². The standard InChI is InChI=1S/C14H22N2/c1-15-11-13-9-6-10-16(2)14(13)12-7-4-3-5-8-12/h3-5,7-8,13-15H,6,9-11H2,1-2H3. The van der Waals surface area contributed by atoms with E-state index >= 15 is 0 Å². The molecule has 0 bridgehead atoms. The molecule has 0 amide bonds. The van der Waals surface area contributed by atoms with Crippen LogP contribution < -0.4 is 5.32 Å². The van der Waals surface area contributed by atoms with Crippen molar-refractivity contribution in [3.63, 3.8) is 0 Å². The van der Waals surface area contributed by atoms with Crippen LogP contribution in [0.1, 0.15) is 24.4 Å². The molecule has 2 rings (SSSR count). The van der Waals surface area contributed by atoms with Crippen molar-refractivity contribution in [1.29, 1.82) is 0 Å². The SMILES string of the molecule is CNCC1CCCN(C)C1c1ccccc1. The Bertz CT molecular complexity index is 308. The highest BCUT2D eigenvalue weighted by Crippen LogP contribution is 2.34. The van der Waals surface area contributed by atoms with Crippen LogP contribution in [0.25, 0.3) is 0 Å². The summed E-state index contributed by atoms with van der Waals surface area (Å²) < 4.78 is 0. The van der Waals surface area contributed by atoms with Crippen molar-refractivity contribution < 1.29 is 0 Å². The molecule has 16 heavy (non-hydrogen) atoms. The fourth-order valence-electron chi connectivity index (χ4n) is 2.91. The topological polar surface area (TPSA) is 15.3 Å². The molecule has 1 heterocycles. The van der Waals surface area contributed by atoms with E-state index in [9.17, 15) is 0 Å². The van der Waals surface area contributed by atoms with Crippen molar-refractivity contribution in [3.05, 3.63) is 35.9 Å². The summed E-state index contributed by atoms with van der Waals surface area (Å²) in [6, 6.07) is 11.5. The van der Waals surface area contributed by atoms with Gasteiger partial charge in [-0.3, -0.25) is 4.90 Å². The molecule has 2 unspecified atom stereocenters. The predicted octanol–water partition coefficient (Wildman–Crippen LogP) is 2.29. The van der Waals surface area contributed by atoms with Crippen molar-refractivity contribution >= 4 is 0 Å². The van der Waals surface area contributed by atoms with Crippen LogP contribution in [-0.4, -0.2) is 32.1 Å². The first-order valence-corrected chi connectivity index (χ1v) is 6.22. The van der Waals surface area contributed by atoms with Crippen LogP contribution in [0.15, 0.2) is 30.3 Å². The molecular weight excluding hydrogens is 196 g/mol. The molecular formula is C14H22N2. The quantitative estimate of drug-likeness (QED) is 0.837. The van der Waals surface area contributed by atoms with Gasteiger partial charge in [-0.2, -0.15) is 0 Å². The Morgan fingerprint density at radius 3 is 2.75 bits per heavy atom. The van der Waals surface area contributed by atoms with E-state index < -0.39 is 0 Å². The molecule has 2 atom stereocenters. The average molecular weight is 218 g/mol. The Morgan fingerprint density at radius 1 is 1.31 bits per heavy atom. The second-order valence-electron chi connectivity index (χ2n) is 4.80. The van der Waals surface area contributed by atoms with Crippen LogP contribution in [0.4, 0.5) is 0 Å². The summed E-state index contributed by atoms with van der Waals surface area (Å²) in [4.78, 5) is 2.50. The van der Waals surface area contributed by atoms with Crippen LogP contribution in [0.2, 0.25) is 0 Å². The number of likely N-dealkylation sites (tertiary alicyclic amines) is 1. The number of nitrogens with one attached hydrogen (secondary N) is 1. The van der Waals surface area contributed by atoms with Gasteiger partial charge in [0.25, 0.3) is 0 Å². The van der Waals surface area contributed by atoms with Crippen LogP contribution in [-0.2, 0) is 0 Å². The van der Waals surface area contributed by atoms with Crippen LogP contribution >= 0.6 is 0 Å². The minimum absolute atomic E-state index is 0.586. The second-order valence-corrected chi connectivity index (χ2v) is 4.80. The monoisotopic (exact) mass is 218 g/mol. The van der Waals surface area contributed by atoms with Gasteiger partial charge in [0.15, 0.2) is 0 Å². The molecule has 0 radical (unpaired) electrons. The fraction of sp³-hybridized carbons (Fsp3) is 0.571. The molecule has 1 aromatic rings. The van der Waals surface area contributed by atoms with Gasteiger partial charge in [0.05, 0.1) is 0 Å². The number of piperidine rings is 1. The molecule has 2 nitrogen and oxygen atoms in total. The van der Waals surface area contributed by atoms with Crippen LogP contribution in [0, 0.1) is 5.92 Å². The normalized spacial score (nSPS) is 26.9. The van der Waals surface area contributed by atoms with Gasteiger partial charge in [-0.1, -0.05) is 30.3 Å². The molecule has 1 N–H and O–H groups in total. The third-order valence-electron chi connectivity index (χ3n) is 3.61. The molecule has 88 valence electrons. The lowest BCUT2D eigenvalue weighted by molar-refractivity contribution is 0.121. The fourth-order valence-corrected chi connectivity index (χ4v) is 2.91. The molecule has 0 saturated carbocycles. The summed E-state index contributed by atoms with van der Waals surface area (Å²) in [5.41, 5.74) is 1.46. The Labute approximate surface area is 98.7 Å². The highest BCUT2D eigenvalue weighted by atomic mass is 15.1. The van der Waals surface area contributed by atoms with E-state index in [0.717, 1.165) is 12.5 Å². The summed E-state index contributed by atoms with van der Waals surface area (Å²) in [5.74, 6) is 0.742. The van der Waals surface area contributed by atoms with Crippen molar-refractivity contribution in [2.75, 3.05) is 27.2 Å². The van der Waals surface area contributed by atoms with Crippen LogP contribution in [0.5, 0.6) is 0 Å². The molecule has 0 aliphatic carbocycles. The maximum atomic E-state index is 3.33. The maximum Gasteiger partial charge on any atom is 0.0385 e. The molecule has 0 spiro atoms. The summed E-state index contributed by atoms with van der Waals surface area (Å²) in [6.07, 6.45) is 2.66. The zero-order valence-electron chi connectivity index (χ0n) is 10.3. The van der Waals surface area contributed by atoms with Gasteiger partial charge in [-0.25, -0.2) is 0 Å². The van der Waals surface area contributed by atoms with Gasteiger partial charge in [0, 0.05) is 6.04 Å². The Kier molecular flexibility index (Phi) is 3.97. The minimum Gasteiger partial charge on any atom is -0.319 e. The lowest BCUT2D eigenvalue weighted by Gasteiger charge is -2.39. The number of benzene rings is 1. The van der Waals surface area contributed by atoms with E-state index in [2.05, 4.69) is 54.6 Å². The van der Waals surface area contributed by atoms with Crippen LogP contribution in [0.3, 0.4) is 0 Å². The maximum absolute atomic E-state index is 3.33. The molecule has 1 aliphatic heterocycles. The summed E-state index contributed by atoms with van der Waals surface area (Å²) in [7, 11) is 4.30. The summed E-state index contributed by atoms with van der Waals surface area (Å²) >= 11 is 0. The van der Waals surface area contributed by atoms with Gasteiger partial charge < -0.3 is 5.32 Å².